The van der Waals surface area contributed by atoms with Gasteiger partial charge in [-0.2, -0.15) is 28.6 Å². The maximum absolute atomic E-state index is 13.1. The number of benzene rings is 1. The molecule has 0 aliphatic rings. The van der Waals surface area contributed by atoms with Crippen molar-refractivity contribution in [1.29, 1.82) is 0 Å². The van der Waals surface area contributed by atoms with Gasteiger partial charge in [0, 0.05) is 18.0 Å². The lowest BCUT2D eigenvalue weighted by atomic mass is 10.1. The lowest BCUT2D eigenvalue weighted by Crippen LogP contribution is -2.07. The summed E-state index contributed by atoms with van der Waals surface area (Å²) in [6, 6.07) is 12.9. The van der Waals surface area contributed by atoms with E-state index in [0.717, 1.165) is 5.56 Å². The average molecular weight is 384 g/mol. The third-order valence-corrected chi connectivity index (χ3v) is 4.44. The summed E-state index contributed by atoms with van der Waals surface area (Å²) in [5.74, 6) is 0. The Hall–Kier alpha value is -3.49. The molecular weight excluding hydrogens is 369 g/mol. The highest BCUT2D eigenvalue weighted by molar-refractivity contribution is 5.67. The number of pyridine rings is 1. The van der Waals surface area contributed by atoms with E-state index in [2.05, 4.69) is 20.2 Å². The van der Waals surface area contributed by atoms with Crippen LogP contribution in [0.2, 0.25) is 0 Å². The molecule has 1 N–H and O–H groups in total. The molecule has 9 heteroatoms. The summed E-state index contributed by atoms with van der Waals surface area (Å²) in [5.41, 5.74) is 1.05. The molecule has 3 aromatic heterocycles. The minimum atomic E-state index is -4.60. The molecule has 0 radical (unpaired) electrons. The fourth-order valence-electron chi connectivity index (χ4n) is 2.93. The van der Waals surface area contributed by atoms with Gasteiger partial charge in [-0.3, -0.25) is 4.98 Å². The van der Waals surface area contributed by atoms with Gasteiger partial charge in [-0.25, -0.2) is 4.98 Å². The topological polar surface area (TPSA) is 72.3 Å². The molecule has 0 bridgehead atoms. The summed E-state index contributed by atoms with van der Waals surface area (Å²) in [6.07, 6.45) is 0.327. The van der Waals surface area contributed by atoms with Crippen molar-refractivity contribution in [2.24, 2.45) is 0 Å². The van der Waals surface area contributed by atoms with Crippen LogP contribution < -0.4 is 0 Å². The molecule has 0 aliphatic heterocycles. The molecule has 1 unspecified atom stereocenters. The third kappa shape index (κ3) is 3.38. The van der Waals surface area contributed by atoms with Gasteiger partial charge in [-0.15, -0.1) is 0 Å². The molecule has 3 heterocycles. The number of H-pyrrole nitrogens is 1. The van der Waals surface area contributed by atoms with Crippen LogP contribution in [-0.4, -0.2) is 29.9 Å². The summed E-state index contributed by atoms with van der Waals surface area (Å²) in [6.45, 7) is 2.04. The molecule has 1 aromatic carbocycles. The normalized spacial score (nSPS) is 12.9. The minimum Gasteiger partial charge on any atom is -0.330 e. The van der Waals surface area contributed by atoms with Crippen molar-refractivity contribution in [2.75, 3.05) is 0 Å². The summed E-state index contributed by atoms with van der Waals surface area (Å²) < 4.78 is 41.2. The summed E-state index contributed by atoms with van der Waals surface area (Å²) in [5, 5.41) is 8.92. The van der Waals surface area contributed by atoms with Crippen LogP contribution in [0.4, 0.5) is 13.2 Å². The number of nitrogens with one attached hydrogen (secondary N) is 1. The first-order valence-corrected chi connectivity index (χ1v) is 8.46. The van der Waals surface area contributed by atoms with Crippen molar-refractivity contribution in [1.82, 2.24) is 29.9 Å². The largest absolute Gasteiger partial charge is 0.437 e. The number of rotatable bonds is 4. The highest BCUT2D eigenvalue weighted by Crippen LogP contribution is 2.34. The Balaban J connectivity index is 1.66. The van der Waals surface area contributed by atoms with E-state index in [9.17, 15) is 13.2 Å². The Morgan fingerprint density at radius 2 is 1.79 bits per heavy atom. The van der Waals surface area contributed by atoms with Crippen molar-refractivity contribution >= 4 is 0 Å². The summed E-state index contributed by atoms with van der Waals surface area (Å²) in [4.78, 5) is 8.60. The zero-order chi connectivity index (χ0) is 19.7. The van der Waals surface area contributed by atoms with Crippen molar-refractivity contribution in [3.63, 3.8) is 0 Å². The fourth-order valence-corrected chi connectivity index (χ4v) is 2.93. The summed E-state index contributed by atoms with van der Waals surface area (Å²) >= 11 is 0. The maximum atomic E-state index is 13.1. The smallest absolute Gasteiger partial charge is 0.330 e. The monoisotopic (exact) mass is 384 g/mol. The van der Waals surface area contributed by atoms with Crippen LogP contribution in [0.1, 0.15) is 24.2 Å². The first-order valence-electron chi connectivity index (χ1n) is 8.46. The number of alkyl halides is 3. The predicted octanol–water partition coefficient (Wildman–Crippen LogP) is 4.36. The molecule has 142 valence electrons. The molecular formula is C19H15F3N6. The zero-order valence-corrected chi connectivity index (χ0v) is 14.7. The van der Waals surface area contributed by atoms with Crippen LogP contribution in [-0.2, 0) is 6.18 Å². The van der Waals surface area contributed by atoms with E-state index in [1.807, 2.05) is 53.2 Å². The first-order chi connectivity index (χ1) is 13.4. The Morgan fingerprint density at radius 3 is 2.54 bits per heavy atom. The Labute approximate surface area is 158 Å². The van der Waals surface area contributed by atoms with Gasteiger partial charge in [0.1, 0.15) is 11.4 Å². The maximum Gasteiger partial charge on any atom is 0.437 e. The number of aromatic amines is 1. The second-order valence-electron chi connectivity index (χ2n) is 6.24. The predicted molar refractivity (Wildman–Crippen MR) is 96.1 cm³/mol. The zero-order valence-electron chi connectivity index (χ0n) is 14.7. The fraction of sp³-hybridized carbons (Fsp3) is 0.158. The molecule has 6 nitrogen and oxygen atoms in total. The molecule has 0 fully saturated rings. The molecule has 0 spiro atoms. The number of hydrogen-bond acceptors (Lipinski definition) is 4. The van der Waals surface area contributed by atoms with E-state index in [0.29, 0.717) is 11.4 Å². The van der Waals surface area contributed by atoms with Crippen LogP contribution in [0.15, 0.2) is 61.2 Å². The van der Waals surface area contributed by atoms with E-state index in [1.165, 1.54) is 18.3 Å². The number of halogens is 3. The van der Waals surface area contributed by atoms with E-state index in [4.69, 9.17) is 0 Å². The number of nitrogens with zero attached hydrogens (tertiary/aromatic N) is 5. The highest BCUT2D eigenvalue weighted by Gasteiger charge is 2.38. The molecule has 1 atom stereocenters. The Bertz CT molecular complexity index is 1080. The Kier molecular flexibility index (Phi) is 4.42. The molecule has 0 amide bonds. The molecule has 4 rings (SSSR count). The molecule has 0 aliphatic carbocycles. The van der Waals surface area contributed by atoms with Crippen molar-refractivity contribution in [3.05, 3.63) is 72.4 Å². The van der Waals surface area contributed by atoms with Gasteiger partial charge in [0.2, 0.25) is 0 Å². The molecule has 0 saturated carbocycles. The Morgan fingerprint density at radius 1 is 1.00 bits per heavy atom. The van der Waals surface area contributed by atoms with E-state index < -0.39 is 11.9 Å². The second kappa shape index (κ2) is 6.91. The molecule has 0 saturated heterocycles. The van der Waals surface area contributed by atoms with Gasteiger partial charge >= 0.3 is 6.18 Å². The van der Waals surface area contributed by atoms with Crippen LogP contribution >= 0.6 is 0 Å². The quantitative estimate of drug-likeness (QED) is 0.568. The third-order valence-electron chi connectivity index (χ3n) is 4.44. The van der Waals surface area contributed by atoms with Gasteiger partial charge in [0.05, 0.1) is 18.1 Å². The average Bonchev–Trinajstić information content (AvgIpc) is 3.38. The van der Waals surface area contributed by atoms with Gasteiger partial charge in [0.25, 0.3) is 0 Å². The van der Waals surface area contributed by atoms with Gasteiger partial charge in [0.15, 0.2) is 5.69 Å². The van der Waals surface area contributed by atoms with E-state index in [-0.39, 0.29) is 17.3 Å². The van der Waals surface area contributed by atoms with Crippen molar-refractivity contribution in [3.8, 4) is 22.6 Å². The number of imidazole rings is 1. The standard InChI is InChI=1S/C19H15F3N6/c1-12(13-5-3-2-4-6-13)28-10-16(24-11-28)15-9-14(7-8-23-15)17-18(19(20,21)22)26-27-25-17/h2-12H,1H3,(H,25,26,27). The van der Waals surface area contributed by atoms with E-state index >= 15 is 0 Å². The molecule has 4 aromatic rings. The van der Waals surface area contributed by atoms with Crippen LogP contribution in [0.5, 0.6) is 0 Å². The summed E-state index contributed by atoms with van der Waals surface area (Å²) in [7, 11) is 0. The number of hydrogen-bond donors (Lipinski definition) is 1. The van der Waals surface area contributed by atoms with Crippen LogP contribution in [0.25, 0.3) is 22.6 Å². The second-order valence-corrected chi connectivity index (χ2v) is 6.24. The lowest BCUT2D eigenvalue weighted by molar-refractivity contribution is -0.140. The SMILES string of the molecule is CC(c1ccccc1)n1cnc(-c2cc(-c3n[nH]nc3C(F)(F)F)ccn2)c1. The van der Waals surface area contributed by atoms with Crippen molar-refractivity contribution in [2.45, 2.75) is 19.1 Å². The van der Waals surface area contributed by atoms with E-state index in [1.54, 1.807) is 6.33 Å². The number of aromatic nitrogens is 6. The molecule has 28 heavy (non-hydrogen) atoms. The van der Waals surface area contributed by atoms with Gasteiger partial charge in [-0.05, 0) is 24.6 Å². The van der Waals surface area contributed by atoms with Gasteiger partial charge in [-0.1, -0.05) is 30.3 Å². The van der Waals surface area contributed by atoms with Crippen LogP contribution in [0.3, 0.4) is 0 Å². The first kappa shape index (κ1) is 17.9. The van der Waals surface area contributed by atoms with Crippen LogP contribution in [0, 0.1) is 0 Å². The lowest BCUT2D eigenvalue weighted by Gasteiger charge is -2.12. The highest BCUT2D eigenvalue weighted by atomic mass is 19.4. The van der Waals surface area contributed by atoms with Crippen molar-refractivity contribution < 1.29 is 13.2 Å². The minimum absolute atomic E-state index is 0.0537. The van der Waals surface area contributed by atoms with Gasteiger partial charge < -0.3 is 4.57 Å².